The summed E-state index contributed by atoms with van der Waals surface area (Å²) >= 11 is 13.7. The molecule has 0 spiro atoms. The van der Waals surface area contributed by atoms with Crippen LogP contribution in [0.25, 0.3) is 5.57 Å². The molecule has 1 N–H and O–H groups in total. The lowest BCUT2D eigenvalue weighted by molar-refractivity contribution is 0.102. The number of aromatic nitrogens is 3. The normalized spacial score (nSPS) is 14.4. The molecule has 1 aromatic carbocycles. The smallest absolute Gasteiger partial charge is 0.276 e. The summed E-state index contributed by atoms with van der Waals surface area (Å²) in [5.41, 5.74) is 4.23. The standard InChI is InChI=1S/C20H19Cl2N5OS/c1-12-5-7-27(20-23-6-8-29-20)11-14(12)18-10-17(25-26(18)2)19(28)24-16-4-3-13(21)9-15(16)22/h3-4,6,8-10H,5,7,11H2,1-2H3,(H,24,28). The van der Waals surface area contributed by atoms with Gasteiger partial charge in [-0.3, -0.25) is 9.48 Å². The molecule has 0 unspecified atom stereocenters. The Hall–Kier alpha value is -2.35. The number of nitrogens with one attached hydrogen (secondary N) is 1. The van der Waals surface area contributed by atoms with Gasteiger partial charge in [-0.15, -0.1) is 11.3 Å². The fourth-order valence-corrected chi connectivity index (χ4v) is 4.46. The quantitative estimate of drug-likeness (QED) is 0.602. The number of carbonyl (C=O) groups excluding carboxylic acids is 1. The fourth-order valence-electron chi connectivity index (χ4n) is 3.33. The number of nitrogens with zero attached hydrogens (tertiary/aromatic N) is 4. The molecule has 0 atom stereocenters. The molecule has 0 saturated carbocycles. The molecular formula is C20H19Cl2N5OS. The largest absolute Gasteiger partial charge is 0.343 e. The molecule has 1 amide bonds. The summed E-state index contributed by atoms with van der Waals surface area (Å²) in [4.78, 5) is 19.4. The van der Waals surface area contributed by atoms with Crippen molar-refractivity contribution in [1.29, 1.82) is 0 Å². The van der Waals surface area contributed by atoms with Crippen LogP contribution in [-0.2, 0) is 7.05 Å². The fraction of sp³-hybridized carbons (Fsp3) is 0.250. The molecule has 3 heterocycles. The Balaban J connectivity index is 1.57. The Kier molecular flexibility index (Phi) is 5.63. The molecule has 2 aromatic heterocycles. The van der Waals surface area contributed by atoms with E-state index >= 15 is 0 Å². The summed E-state index contributed by atoms with van der Waals surface area (Å²) in [6.45, 7) is 3.81. The van der Waals surface area contributed by atoms with Crippen LogP contribution in [0, 0.1) is 0 Å². The minimum Gasteiger partial charge on any atom is -0.343 e. The Bertz CT molecular complexity index is 1090. The van der Waals surface area contributed by atoms with Crippen molar-refractivity contribution in [1.82, 2.24) is 14.8 Å². The number of halogens is 2. The molecular weight excluding hydrogens is 429 g/mol. The van der Waals surface area contributed by atoms with Gasteiger partial charge in [-0.25, -0.2) is 4.98 Å². The van der Waals surface area contributed by atoms with Gasteiger partial charge in [-0.1, -0.05) is 28.8 Å². The van der Waals surface area contributed by atoms with Crippen LogP contribution in [0.2, 0.25) is 10.0 Å². The summed E-state index contributed by atoms with van der Waals surface area (Å²) in [5.74, 6) is -0.318. The molecule has 4 rings (SSSR count). The van der Waals surface area contributed by atoms with Gasteiger partial charge >= 0.3 is 0 Å². The summed E-state index contributed by atoms with van der Waals surface area (Å²) in [7, 11) is 1.85. The number of hydrogen-bond acceptors (Lipinski definition) is 5. The Morgan fingerprint density at radius 1 is 1.28 bits per heavy atom. The molecule has 9 heteroatoms. The maximum Gasteiger partial charge on any atom is 0.276 e. The van der Waals surface area contributed by atoms with Crippen molar-refractivity contribution in [3.63, 3.8) is 0 Å². The van der Waals surface area contributed by atoms with Crippen LogP contribution >= 0.6 is 34.5 Å². The van der Waals surface area contributed by atoms with E-state index in [2.05, 4.69) is 27.2 Å². The maximum absolute atomic E-state index is 12.7. The second-order valence-electron chi connectivity index (χ2n) is 6.86. The molecule has 3 aromatic rings. The minimum atomic E-state index is -0.318. The van der Waals surface area contributed by atoms with E-state index in [1.165, 1.54) is 11.1 Å². The molecule has 0 fully saturated rings. The molecule has 0 bridgehead atoms. The van der Waals surface area contributed by atoms with E-state index in [1.807, 2.05) is 24.7 Å². The van der Waals surface area contributed by atoms with Gasteiger partial charge in [-0.05, 0) is 43.2 Å². The second kappa shape index (κ2) is 8.18. The average molecular weight is 448 g/mol. The van der Waals surface area contributed by atoms with Gasteiger partial charge in [0.05, 0.1) is 16.4 Å². The Morgan fingerprint density at radius 3 is 2.83 bits per heavy atom. The molecule has 1 aliphatic heterocycles. The van der Waals surface area contributed by atoms with Gasteiger partial charge in [0.25, 0.3) is 5.91 Å². The van der Waals surface area contributed by atoms with Crippen LogP contribution in [0.5, 0.6) is 0 Å². The molecule has 29 heavy (non-hydrogen) atoms. The predicted molar refractivity (Wildman–Crippen MR) is 119 cm³/mol. The third kappa shape index (κ3) is 4.17. The third-order valence-corrected chi connectivity index (χ3v) is 6.29. The van der Waals surface area contributed by atoms with Gasteiger partial charge in [-0.2, -0.15) is 5.10 Å². The topological polar surface area (TPSA) is 63.1 Å². The highest BCUT2D eigenvalue weighted by Gasteiger charge is 2.23. The van der Waals surface area contributed by atoms with Crippen LogP contribution in [0.15, 0.2) is 41.4 Å². The highest BCUT2D eigenvalue weighted by Crippen LogP contribution is 2.31. The van der Waals surface area contributed by atoms with Gasteiger partial charge in [0.2, 0.25) is 0 Å². The van der Waals surface area contributed by atoms with Crippen LogP contribution in [-0.4, -0.2) is 33.8 Å². The van der Waals surface area contributed by atoms with Crippen molar-refractivity contribution in [2.45, 2.75) is 13.3 Å². The number of amides is 1. The number of thiazole rings is 1. The van der Waals surface area contributed by atoms with E-state index in [1.54, 1.807) is 34.2 Å². The summed E-state index contributed by atoms with van der Waals surface area (Å²) in [6.07, 6.45) is 2.77. The molecule has 0 saturated heterocycles. The van der Waals surface area contributed by atoms with Crippen molar-refractivity contribution < 1.29 is 4.79 Å². The highest BCUT2D eigenvalue weighted by atomic mass is 35.5. The first-order valence-corrected chi connectivity index (χ1v) is 10.7. The van der Waals surface area contributed by atoms with Crippen molar-refractivity contribution in [3.05, 3.63) is 62.8 Å². The van der Waals surface area contributed by atoms with Gasteiger partial charge in [0.15, 0.2) is 10.8 Å². The zero-order valence-electron chi connectivity index (χ0n) is 15.9. The molecule has 6 nitrogen and oxygen atoms in total. The first kappa shape index (κ1) is 19.9. The van der Waals surface area contributed by atoms with Crippen molar-refractivity contribution >= 4 is 56.8 Å². The van der Waals surface area contributed by atoms with Gasteiger partial charge < -0.3 is 10.2 Å². The lowest BCUT2D eigenvalue weighted by Crippen LogP contribution is -2.31. The van der Waals surface area contributed by atoms with E-state index in [-0.39, 0.29) is 5.91 Å². The number of aryl methyl sites for hydroxylation is 1. The van der Waals surface area contributed by atoms with E-state index in [0.717, 1.165) is 30.3 Å². The lowest BCUT2D eigenvalue weighted by atomic mass is 9.99. The van der Waals surface area contributed by atoms with Gasteiger partial charge in [0.1, 0.15) is 0 Å². The molecule has 0 radical (unpaired) electrons. The predicted octanol–water partition coefficient (Wildman–Crippen LogP) is 5.12. The SMILES string of the molecule is CC1=C(c2cc(C(=O)Nc3ccc(Cl)cc3Cl)nn2C)CN(c2nccs2)CC1. The van der Waals surface area contributed by atoms with Gasteiger partial charge in [0, 0.05) is 36.7 Å². The second-order valence-corrected chi connectivity index (χ2v) is 8.58. The zero-order chi connectivity index (χ0) is 20.5. The van der Waals surface area contributed by atoms with Crippen molar-refractivity contribution in [3.8, 4) is 0 Å². The molecule has 1 aliphatic rings. The minimum absolute atomic E-state index is 0.318. The first-order chi connectivity index (χ1) is 13.9. The average Bonchev–Trinajstić information content (AvgIpc) is 3.34. The number of hydrogen-bond donors (Lipinski definition) is 1. The van der Waals surface area contributed by atoms with E-state index in [9.17, 15) is 4.79 Å². The summed E-state index contributed by atoms with van der Waals surface area (Å²) in [5, 5.41) is 11.1. The van der Waals surface area contributed by atoms with Crippen molar-refractivity contribution in [2.75, 3.05) is 23.3 Å². The number of benzene rings is 1. The van der Waals surface area contributed by atoms with Crippen LogP contribution in [0.4, 0.5) is 10.8 Å². The van der Waals surface area contributed by atoms with E-state index in [4.69, 9.17) is 23.2 Å². The monoisotopic (exact) mass is 447 g/mol. The number of rotatable bonds is 4. The lowest BCUT2D eigenvalue weighted by Gasteiger charge is -2.29. The number of anilines is 2. The maximum atomic E-state index is 12.7. The zero-order valence-corrected chi connectivity index (χ0v) is 18.3. The summed E-state index contributed by atoms with van der Waals surface area (Å²) in [6, 6.07) is 6.76. The first-order valence-electron chi connectivity index (χ1n) is 9.06. The third-order valence-electron chi connectivity index (χ3n) is 4.91. The molecule has 0 aliphatic carbocycles. The Morgan fingerprint density at radius 2 is 2.10 bits per heavy atom. The Labute approximate surface area is 182 Å². The summed E-state index contributed by atoms with van der Waals surface area (Å²) < 4.78 is 1.75. The highest BCUT2D eigenvalue weighted by molar-refractivity contribution is 7.13. The van der Waals surface area contributed by atoms with Crippen LogP contribution in [0.3, 0.4) is 0 Å². The van der Waals surface area contributed by atoms with E-state index in [0.29, 0.717) is 21.4 Å². The van der Waals surface area contributed by atoms with E-state index < -0.39 is 0 Å². The number of carbonyl (C=O) groups is 1. The van der Waals surface area contributed by atoms with Crippen molar-refractivity contribution in [2.24, 2.45) is 7.05 Å². The van der Waals surface area contributed by atoms with Crippen LogP contribution in [0.1, 0.15) is 29.5 Å². The van der Waals surface area contributed by atoms with Crippen LogP contribution < -0.4 is 10.2 Å². The molecule has 150 valence electrons.